The van der Waals surface area contributed by atoms with Crippen LogP contribution in [0.25, 0.3) is 10.2 Å². The SMILES string of the molecule is CCOC(=O)C1CC1c1cccc2nc(C)sc12. The Hall–Kier alpha value is -1.42. The molecule has 18 heavy (non-hydrogen) atoms. The number of ether oxygens (including phenoxy) is 1. The third-order valence-electron chi connectivity index (χ3n) is 3.33. The zero-order valence-corrected chi connectivity index (χ0v) is 11.3. The van der Waals surface area contributed by atoms with Crippen molar-refractivity contribution < 1.29 is 9.53 Å². The molecule has 1 aliphatic carbocycles. The number of hydrogen-bond acceptors (Lipinski definition) is 4. The first kappa shape index (κ1) is 11.7. The van der Waals surface area contributed by atoms with Gasteiger partial charge in [-0.15, -0.1) is 11.3 Å². The lowest BCUT2D eigenvalue weighted by Gasteiger charge is -2.02. The van der Waals surface area contributed by atoms with Crippen LogP contribution in [0, 0.1) is 12.8 Å². The van der Waals surface area contributed by atoms with Crippen molar-refractivity contribution >= 4 is 27.5 Å². The van der Waals surface area contributed by atoms with Crippen LogP contribution in [0.5, 0.6) is 0 Å². The monoisotopic (exact) mass is 261 g/mol. The minimum absolute atomic E-state index is 0.0537. The summed E-state index contributed by atoms with van der Waals surface area (Å²) in [5.74, 6) is 0.325. The maximum atomic E-state index is 11.7. The number of thiazole rings is 1. The van der Waals surface area contributed by atoms with E-state index in [9.17, 15) is 4.79 Å². The summed E-state index contributed by atoms with van der Waals surface area (Å²) in [6.45, 7) is 4.33. The highest BCUT2D eigenvalue weighted by molar-refractivity contribution is 7.18. The van der Waals surface area contributed by atoms with Crippen molar-refractivity contribution in [3.05, 3.63) is 28.8 Å². The Balaban J connectivity index is 1.90. The molecule has 1 aliphatic rings. The van der Waals surface area contributed by atoms with Crippen LogP contribution in [0.3, 0.4) is 0 Å². The molecule has 0 amide bonds. The van der Waals surface area contributed by atoms with Gasteiger partial charge in [0.25, 0.3) is 0 Å². The summed E-state index contributed by atoms with van der Waals surface area (Å²) in [4.78, 5) is 16.2. The van der Waals surface area contributed by atoms with Gasteiger partial charge >= 0.3 is 5.97 Å². The van der Waals surface area contributed by atoms with Gasteiger partial charge in [0.05, 0.1) is 27.7 Å². The van der Waals surface area contributed by atoms with Gasteiger partial charge in [0.1, 0.15) is 0 Å². The molecule has 0 bridgehead atoms. The number of carbonyl (C=O) groups excluding carboxylic acids is 1. The average molecular weight is 261 g/mol. The minimum atomic E-state index is -0.0549. The molecule has 2 aromatic rings. The highest BCUT2D eigenvalue weighted by atomic mass is 32.1. The predicted molar refractivity (Wildman–Crippen MR) is 71.8 cm³/mol. The third-order valence-corrected chi connectivity index (χ3v) is 4.37. The lowest BCUT2D eigenvalue weighted by Crippen LogP contribution is -2.07. The molecule has 94 valence electrons. The molecule has 0 spiro atoms. The lowest BCUT2D eigenvalue weighted by molar-refractivity contribution is -0.144. The second kappa shape index (κ2) is 4.35. The molecule has 4 heteroatoms. The molecule has 1 heterocycles. The van der Waals surface area contributed by atoms with Crippen LogP contribution < -0.4 is 0 Å². The Kier molecular flexibility index (Phi) is 2.82. The van der Waals surface area contributed by atoms with Crippen molar-refractivity contribution in [1.29, 1.82) is 0 Å². The van der Waals surface area contributed by atoms with E-state index in [1.807, 2.05) is 26.0 Å². The minimum Gasteiger partial charge on any atom is -0.466 e. The molecule has 0 radical (unpaired) electrons. The van der Waals surface area contributed by atoms with E-state index in [1.165, 1.54) is 10.3 Å². The maximum absolute atomic E-state index is 11.7. The molecule has 1 fully saturated rings. The Labute approximate surface area is 110 Å². The van der Waals surface area contributed by atoms with Crippen molar-refractivity contribution in [3.63, 3.8) is 0 Å². The number of rotatable bonds is 3. The molecule has 2 atom stereocenters. The number of aryl methyl sites for hydroxylation is 1. The van der Waals surface area contributed by atoms with Gasteiger partial charge in [0.2, 0.25) is 0 Å². The quantitative estimate of drug-likeness (QED) is 0.796. The summed E-state index contributed by atoms with van der Waals surface area (Å²) in [5, 5.41) is 1.07. The predicted octanol–water partition coefficient (Wildman–Crippen LogP) is 3.27. The molecule has 0 aliphatic heterocycles. The van der Waals surface area contributed by atoms with Crippen LogP contribution in [-0.4, -0.2) is 17.6 Å². The van der Waals surface area contributed by atoms with Gasteiger partial charge < -0.3 is 4.74 Å². The highest BCUT2D eigenvalue weighted by Gasteiger charge is 2.46. The number of esters is 1. The fourth-order valence-electron chi connectivity index (χ4n) is 2.42. The standard InChI is InChI=1S/C14H15NO2S/c1-3-17-14(16)11-7-10(11)9-5-4-6-12-13(9)18-8(2)15-12/h4-6,10-11H,3,7H2,1-2H3. The van der Waals surface area contributed by atoms with E-state index in [0.29, 0.717) is 12.5 Å². The van der Waals surface area contributed by atoms with Crippen molar-refractivity contribution in [2.24, 2.45) is 5.92 Å². The Morgan fingerprint density at radius 3 is 3.17 bits per heavy atom. The first-order valence-corrected chi connectivity index (χ1v) is 7.05. The van der Waals surface area contributed by atoms with Crippen LogP contribution in [0.4, 0.5) is 0 Å². The Morgan fingerprint density at radius 1 is 1.56 bits per heavy atom. The fraction of sp³-hybridized carbons (Fsp3) is 0.429. The zero-order chi connectivity index (χ0) is 12.7. The lowest BCUT2D eigenvalue weighted by atomic mass is 10.1. The smallest absolute Gasteiger partial charge is 0.309 e. The first-order valence-electron chi connectivity index (χ1n) is 6.23. The summed E-state index contributed by atoms with van der Waals surface area (Å²) in [5.41, 5.74) is 2.31. The summed E-state index contributed by atoms with van der Waals surface area (Å²) >= 11 is 1.71. The number of nitrogens with zero attached hydrogens (tertiary/aromatic N) is 1. The van der Waals surface area contributed by atoms with Gasteiger partial charge in [0.15, 0.2) is 0 Å². The van der Waals surface area contributed by atoms with Gasteiger partial charge in [-0.1, -0.05) is 12.1 Å². The Bertz CT molecular complexity index is 605. The highest BCUT2D eigenvalue weighted by Crippen LogP contribution is 2.50. The topological polar surface area (TPSA) is 39.2 Å². The summed E-state index contributed by atoms with van der Waals surface area (Å²) in [6, 6.07) is 6.17. The Morgan fingerprint density at radius 2 is 2.39 bits per heavy atom. The first-order chi connectivity index (χ1) is 8.70. The molecular weight excluding hydrogens is 246 g/mol. The van der Waals surface area contributed by atoms with Crippen molar-refractivity contribution in [2.45, 2.75) is 26.2 Å². The molecule has 2 unspecified atom stereocenters. The van der Waals surface area contributed by atoms with Crippen molar-refractivity contribution in [1.82, 2.24) is 4.98 Å². The normalized spacial score (nSPS) is 22.1. The second-order valence-electron chi connectivity index (χ2n) is 4.63. The van der Waals surface area contributed by atoms with Crippen LogP contribution in [0.1, 0.15) is 29.8 Å². The molecule has 3 nitrogen and oxygen atoms in total. The molecule has 1 aromatic heterocycles. The third kappa shape index (κ3) is 1.90. The van der Waals surface area contributed by atoms with Gasteiger partial charge in [-0.05, 0) is 37.8 Å². The molecule has 0 saturated heterocycles. The molecular formula is C14H15NO2S. The summed E-state index contributed by atoms with van der Waals surface area (Å²) in [6.07, 6.45) is 0.912. The van der Waals surface area contributed by atoms with E-state index < -0.39 is 0 Å². The van der Waals surface area contributed by atoms with Crippen molar-refractivity contribution in [2.75, 3.05) is 6.61 Å². The number of aromatic nitrogens is 1. The average Bonchev–Trinajstić information content (AvgIpc) is 3.03. The zero-order valence-electron chi connectivity index (χ0n) is 10.5. The molecule has 3 rings (SSSR count). The van der Waals surface area contributed by atoms with E-state index in [-0.39, 0.29) is 11.9 Å². The maximum Gasteiger partial charge on any atom is 0.309 e. The van der Waals surface area contributed by atoms with Gasteiger partial charge in [-0.3, -0.25) is 4.79 Å². The van der Waals surface area contributed by atoms with E-state index in [2.05, 4.69) is 11.1 Å². The van der Waals surface area contributed by atoms with E-state index in [4.69, 9.17) is 4.74 Å². The summed E-state index contributed by atoms with van der Waals surface area (Å²) < 4.78 is 6.31. The molecule has 1 saturated carbocycles. The molecule has 0 N–H and O–H groups in total. The van der Waals surface area contributed by atoms with Gasteiger partial charge in [-0.2, -0.15) is 0 Å². The molecule has 1 aromatic carbocycles. The number of benzene rings is 1. The van der Waals surface area contributed by atoms with Gasteiger partial charge in [0, 0.05) is 0 Å². The van der Waals surface area contributed by atoms with Crippen LogP contribution in [0.2, 0.25) is 0 Å². The number of carbonyl (C=O) groups is 1. The van der Waals surface area contributed by atoms with Crippen LogP contribution in [-0.2, 0) is 9.53 Å². The second-order valence-corrected chi connectivity index (χ2v) is 5.83. The van der Waals surface area contributed by atoms with Gasteiger partial charge in [-0.25, -0.2) is 4.98 Å². The van der Waals surface area contributed by atoms with Crippen LogP contribution >= 0.6 is 11.3 Å². The number of hydrogen-bond donors (Lipinski definition) is 0. The van der Waals surface area contributed by atoms with E-state index in [1.54, 1.807) is 11.3 Å². The van der Waals surface area contributed by atoms with E-state index in [0.717, 1.165) is 16.9 Å². The van der Waals surface area contributed by atoms with Crippen LogP contribution in [0.15, 0.2) is 18.2 Å². The largest absolute Gasteiger partial charge is 0.466 e. The summed E-state index contributed by atoms with van der Waals surface area (Å²) in [7, 11) is 0. The van der Waals surface area contributed by atoms with Crippen molar-refractivity contribution in [3.8, 4) is 0 Å². The fourth-order valence-corrected chi connectivity index (χ4v) is 3.42. The van der Waals surface area contributed by atoms with E-state index >= 15 is 0 Å². The number of fused-ring (bicyclic) bond motifs is 1.